The lowest BCUT2D eigenvalue weighted by molar-refractivity contribution is -0.124. The predicted octanol–water partition coefficient (Wildman–Crippen LogP) is 1.14. The Morgan fingerprint density at radius 2 is 2.33 bits per heavy atom. The number of carbonyl (C=O) groups is 1. The first-order valence-corrected chi connectivity index (χ1v) is 5.31. The third-order valence-electron chi connectivity index (χ3n) is 2.26. The molecule has 0 radical (unpaired) electrons. The van der Waals surface area contributed by atoms with Crippen molar-refractivity contribution < 1.29 is 19.0 Å². The summed E-state index contributed by atoms with van der Waals surface area (Å²) < 4.78 is 18.2. The lowest BCUT2D eigenvalue weighted by Gasteiger charge is -2.10. The number of hydrogen-bond acceptors (Lipinski definition) is 3. The lowest BCUT2D eigenvalue weighted by Crippen LogP contribution is -2.26. The van der Waals surface area contributed by atoms with Crippen molar-refractivity contribution in [2.24, 2.45) is 0 Å². The zero-order valence-corrected chi connectivity index (χ0v) is 10.2. The van der Waals surface area contributed by atoms with E-state index >= 15 is 0 Å². The van der Waals surface area contributed by atoms with Gasteiger partial charge in [0.15, 0.2) is 0 Å². The Bertz CT molecular complexity index is 491. The number of nitrogens with one attached hydrogen (secondary N) is 1. The highest BCUT2D eigenvalue weighted by molar-refractivity contribution is 5.94. The third kappa shape index (κ3) is 3.84. The molecular formula is C13H14FNO3. The van der Waals surface area contributed by atoms with Gasteiger partial charge in [0.25, 0.3) is 5.91 Å². The number of ether oxygens (including phenoxy) is 1. The Morgan fingerprint density at radius 1 is 1.61 bits per heavy atom. The molecule has 18 heavy (non-hydrogen) atoms. The van der Waals surface area contributed by atoms with Crippen LogP contribution in [0, 0.1) is 17.7 Å². The minimum Gasteiger partial charge on any atom is -0.384 e. The molecule has 1 amide bonds. The predicted molar refractivity (Wildman–Crippen MR) is 65.5 cm³/mol. The number of rotatable bonds is 3. The van der Waals surface area contributed by atoms with Crippen LogP contribution in [0.2, 0.25) is 0 Å². The molecule has 0 aliphatic heterocycles. The van der Waals surface area contributed by atoms with Gasteiger partial charge in [0, 0.05) is 12.8 Å². The third-order valence-corrected chi connectivity index (χ3v) is 2.26. The first kappa shape index (κ1) is 14.2. The normalized spacial score (nSPS) is 11.3. The van der Waals surface area contributed by atoms with Crippen LogP contribution in [0.15, 0.2) is 18.2 Å². The smallest absolute Gasteiger partial charge is 0.253 e. The van der Waals surface area contributed by atoms with Crippen LogP contribution in [-0.2, 0) is 9.53 Å². The average molecular weight is 251 g/mol. The molecule has 96 valence electrons. The van der Waals surface area contributed by atoms with Crippen molar-refractivity contribution in [3.63, 3.8) is 0 Å². The van der Waals surface area contributed by atoms with Gasteiger partial charge in [-0.15, -0.1) is 0 Å². The second-order valence-corrected chi connectivity index (χ2v) is 3.52. The molecular weight excluding hydrogens is 237 g/mol. The Labute approximate surface area is 105 Å². The Morgan fingerprint density at radius 3 is 2.94 bits per heavy atom. The zero-order valence-electron chi connectivity index (χ0n) is 10.2. The summed E-state index contributed by atoms with van der Waals surface area (Å²) in [5, 5.41) is 11.1. The second-order valence-electron chi connectivity index (χ2n) is 3.52. The van der Waals surface area contributed by atoms with Crippen LogP contribution in [-0.4, -0.2) is 30.8 Å². The molecule has 0 heterocycles. The maximum absolute atomic E-state index is 13.3. The fraction of sp³-hybridized carbons (Fsp3) is 0.308. The molecule has 1 aromatic carbocycles. The van der Waals surface area contributed by atoms with Gasteiger partial charge < -0.3 is 15.2 Å². The minimum atomic E-state index is -0.595. The highest BCUT2D eigenvalue weighted by atomic mass is 19.1. The number of amides is 1. The van der Waals surface area contributed by atoms with Gasteiger partial charge in [-0.1, -0.05) is 11.8 Å². The highest BCUT2D eigenvalue weighted by Gasteiger charge is 2.12. The van der Waals surface area contributed by atoms with Gasteiger partial charge in [-0.2, -0.15) is 0 Å². The van der Waals surface area contributed by atoms with E-state index in [1.165, 1.54) is 25.3 Å². The summed E-state index contributed by atoms with van der Waals surface area (Å²) in [6.07, 6.45) is -0.595. The number of anilines is 1. The number of aliphatic hydroxyl groups is 1. The van der Waals surface area contributed by atoms with Gasteiger partial charge in [0.05, 0.1) is 5.56 Å². The van der Waals surface area contributed by atoms with E-state index in [9.17, 15) is 9.18 Å². The quantitative estimate of drug-likeness (QED) is 0.792. The van der Waals surface area contributed by atoms with Crippen LogP contribution in [0.5, 0.6) is 0 Å². The first-order chi connectivity index (χ1) is 8.58. The minimum absolute atomic E-state index is 0.118. The van der Waals surface area contributed by atoms with E-state index in [1.807, 2.05) is 0 Å². The van der Waals surface area contributed by atoms with E-state index < -0.39 is 11.9 Å². The van der Waals surface area contributed by atoms with Crippen LogP contribution >= 0.6 is 0 Å². The molecule has 0 bridgehead atoms. The molecule has 1 atom stereocenters. The van der Waals surface area contributed by atoms with Crippen molar-refractivity contribution in [3.05, 3.63) is 29.6 Å². The van der Waals surface area contributed by atoms with Gasteiger partial charge in [-0.3, -0.25) is 4.79 Å². The standard InChI is InChI=1S/C13H14FNO3/c1-9(18-2)13(17)15-11-5-6-12(14)10(8-11)4-3-7-16/h5-6,8-9,16H,7H2,1-2H3,(H,15,17). The van der Waals surface area contributed by atoms with Crippen molar-refractivity contribution in [1.82, 2.24) is 0 Å². The molecule has 0 saturated heterocycles. The van der Waals surface area contributed by atoms with Crippen LogP contribution in [0.25, 0.3) is 0 Å². The number of halogens is 1. The van der Waals surface area contributed by atoms with Gasteiger partial charge in [-0.25, -0.2) is 4.39 Å². The van der Waals surface area contributed by atoms with Gasteiger partial charge >= 0.3 is 0 Å². The number of hydrogen-bond donors (Lipinski definition) is 2. The van der Waals surface area contributed by atoms with E-state index in [0.29, 0.717) is 5.69 Å². The van der Waals surface area contributed by atoms with Gasteiger partial charge in [0.2, 0.25) is 0 Å². The number of benzene rings is 1. The summed E-state index contributed by atoms with van der Waals surface area (Å²) in [6.45, 7) is 1.25. The van der Waals surface area contributed by atoms with Crippen LogP contribution in [0.3, 0.4) is 0 Å². The molecule has 1 aromatic rings. The first-order valence-electron chi connectivity index (χ1n) is 5.31. The van der Waals surface area contributed by atoms with Gasteiger partial charge in [-0.05, 0) is 25.1 Å². The van der Waals surface area contributed by atoms with Gasteiger partial charge in [0.1, 0.15) is 18.5 Å². The summed E-state index contributed by atoms with van der Waals surface area (Å²) in [7, 11) is 1.42. The second kappa shape index (κ2) is 6.74. The molecule has 0 fully saturated rings. The fourth-order valence-corrected chi connectivity index (χ4v) is 1.18. The Kier molecular flexibility index (Phi) is 5.31. The Hall–Kier alpha value is -1.90. The van der Waals surface area contributed by atoms with Crippen molar-refractivity contribution in [2.45, 2.75) is 13.0 Å². The summed E-state index contributed by atoms with van der Waals surface area (Å²) in [5.41, 5.74) is 0.541. The molecule has 0 aliphatic carbocycles. The number of methoxy groups -OCH3 is 1. The van der Waals surface area contributed by atoms with Crippen molar-refractivity contribution >= 4 is 11.6 Å². The van der Waals surface area contributed by atoms with Crippen molar-refractivity contribution in [3.8, 4) is 11.8 Å². The zero-order chi connectivity index (χ0) is 13.5. The summed E-state index contributed by atoms with van der Waals surface area (Å²) >= 11 is 0. The monoisotopic (exact) mass is 251 g/mol. The average Bonchev–Trinajstić information content (AvgIpc) is 2.38. The highest BCUT2D eigenvalue weighted by Crippen LogP contribution is 2.14. The van der Waals surface area contributed by atoms with E-state index in [2.05, 4.69) is 17.2 Å². The molecule has 4 nitrogen and oxygen atoms in total. The van der Waals surface area contributed by atoms with E-state index in [-0.39, 0.29) is 18.1 Å². The molecule has 1 rings (SSSR count). The van der Waals surface area contributed by atoms with E-state index in [0.717, 1.165) is 0 Å². The summed E-state index contributed by atoms with van der Waals surface area (Å²) in [5.74, 6) is 3.98. The lowest BCUT2D eigenvalue weighted by atomic mass is 10.2. The van der Waals surface area contributed by atoms with Crippen molar-refractivity contribution in [2.75, 3.05) is 19.0 Å². The van der Waals surface area contributed by atoms with Crippen LogP contribution < -0.4 is 5.32 Å². The molecule has 5 heteroatoms. The summed E-state index contributed by atoms with van der Waals surface area (Å²) in [4.78, 5) is 11.5. The molecule has 0 aromatic heterocycles. The fourth-order valence-electron chi connectivity index (χ4n) is 1.18. The van der Waals surface area contributed by atoms with Crippen LogP contribution in [0.4, 0.5) is 10.1 Å². The molecule has 0 saturated carbocycles. The van der Waals surface area contributed by atoms with Crippen LogP contribution in [0.1, 0.15) is 12.5 Å². The largest absolute Gasteiger partial charge is 0.384 e. The summed E-state index contributed by atoms with van der Waals surface area (Å²) in [6, 6.07) is 4.03. The SMILES string of the molecule is COC(C)C(=O)Nc1ccc(F)c(C#CCO)c1. The van der Waals surface area contributed by atoms with E-state index in [4.69, 9.17) is 9.84 Å². The van der Waals surface area contributed by atoms with Crippen molar-refractivity contribution in [1.29, 1.82) is 0 Å². The Balaban J connectivity index is 2.88. The molecule has 2 N–H and O–H groups in total. The number of aliphatic hydroxyl groups excluding tert-OH is 1. The topological polar surface area (TPSA) is 58.6 Å². The molecule has 0 aliphatic rings. The number of carbonyl (C=O) groups excluding carboxylic acids is 1. The molecule has 1 unspecified atom stereocenters. The molecule has 0 spiro atoms. The maximum atomic E-state index is 13.3. The van der Waals surface area contributed by atoms with E-state index in [1.54, 1.807) is 6.92 Å². The maximum Gasteiger partial charge on any atom is 0.253 e.